The van der Waals surface area contributed by atoms with Crippen LogP contribution in [-0.4, -0.2) is 54.5 Å². The molecule has 7 heteroatoms. The SMILES string of the molecule is COC(=O)/C=C/N1C(=O)[C@H](OCc2ccccc2)[C@@H]1[C@H]1COC(C)(C)O1. The monoisotopic (exact) mass is 361 g/mol. The molecule has 7 nitrogen and oxygen atoms in total. The molecule has 0 spiro atoms. The van der Waals surface area contributed by atoms with Crippen LogP contribution in [0.5, 0.6) is 0 Å². The molecule has 1 amide bonds. The van der Waals surface area contributed by atoms with Crippen LogP contribution in [0, 0.1) is 0 Å². The van der Waals surface area contributed by atoms with Crippen molar-refractivity contribution < 1.29 is 28.5 Å². The lowest BCUT2D eigenvalue weighted by Crippen LogP contribution is -2.68. The second-order valence-corrected chi connectivity index (χ2v) is 6.66. The van der Waals surface area contributed by atoms with E-state index in [4.69, 9.17) is 14.2 Å². The van der Waals surface area contributed by atoms with E-state index >= 15 is 0 Å². The predicted molar refractivity (Wildman–Crippen MR) is 91.7 cm³/mol. The maximum atomic E-state index is 12.5. The van der Waals surface area contributed by atoms with E-state index in [1.165, 1.54) is 24.3 Å². The van der Waals surface area contributed by atoms with E-state index in [1.54, 1.807) is 0 Å². The molecule has 3 atom stereocenters. The first kappa shape index (κ1) is 18.6. The van der Waals surface area contributed by atoms with E-state index in [0.29, 0.717) is 13.2 Å². The second-order valence-electron chi connectivity index (χ2n) is 6.66. The summed E-state index contributed by atoms with van der Waals surface area (Å²) in [5.74, 6) is -1.47. The normalized spacial score (nSPS) is 27.6. The van der Waals surface area contributed by atoms with Crippen molar-refractivity contribution in [3.05, 3.63) is 48.2 Å². The third kappa shape index (κ3) is 3.95. The van der Waals surface area contributed by atoms with Gasteiger partial charge in [-0.05, 0) is 19.4 Å². The van der Waals surface area contributed by atoms with E-state index in [0.717, 1.165) is 5.56 Å². The van der Waals surface area contributed by atoms with Gasteiger partial charge in [-0.25, -0.2) is 4.79 Å². The highest BCUT2D eigenvalue weighted by atomic mass is 16.7. The first-order chi connectivity index (χ1) is 12.4. The Bertz CT molecular complexity index is 687. The number of hydrogen-bond donors (Lipinski definition) is 0. The minimum absolute atomic E-state index is 0.223. The molecule has 0 unspecified atom stereocenters. The Labute approximate surface area is 152 Å². The Morgan fingerprint density at radius 2 is 2.08 bits per heavy atom. The maximum Gasteiger partial charge on any atom is 0.331 e. The Morgan fingerprint density at radius 3 is 2.69 bits per heavy atom. The molecular weight excluding hydrogens is 338 g/mol. The lowest BCUT2D eigenvalue weighted by atomic mass is 9.93. The summed E-state index contributed by atoms with van der Waals surface area (Å²) in [4.78, 5) is 25.3. The number of carbonyl (C=O) groups excluding carboxylic acids is 2. The zero-order valence-electron chi connectivity index (χ0n) is 15.1. The molecule has 2 heterocycles. The van der Waals surface area contributed by atoms with Crippen molar-refractivity contribution in [2.45, 2.75) is 44.5 Å². The zero-order valence-corrected chi connectivity index (χ0v) is 15.1. The first-order valence-electron chi connectivity index (χ1n) is 8.47. The molecule has 0 bridgehead atoms. The zero-order chi connectivity index (χ0) is 18.7. The van der Waals surface area contributed by atoms with Crippen LogP contribution in [-0.2, 0) is 35.1 Å². The topological polar surface area (TPSA) is 74.3 Å². The van der Waals surface area contributed by atoms with Crippen molar-refractivity contribution in [1.29, 1.82) is 0 Å². The van der Waals surface area contributed by atoms with Gasteiger partial charge in [0.2, 0.25) is 0 Å². The Balaban J connectivity index is 1.71. The van der Waals surface area contributed by atoms with E-state index < -0.39 is 17.9 Å². The van der Waals surface area contributed by atoms with Crippen LogP contribution in [0.1, 0.15) is 19.4 Å². The van der Waals surface area contributed by atoms with Gasteiger partial charge < -0.3 is 23.8 Å². The average molecular weight is 361 g/mol. The van der Waals surface area contributed by atoms with Crippen molar-refractivity contribution in [2.24, 2.45) is 0 Å². The smallest absolute Gasteiger partial charge is 0.331 e. The van der Waals surface area contributed by atoms with E-state index in [-0.39, 0.29) is 18.1 Å². The largest absolute Gasteiger partial charge is 0.466 e. The maximum absolute atomic E-state index is 12.5. The van der Waals surface area contributed by atoms with Gasteiger partial charge >= 0.3 is 5.97 Å². The molecule has 0 saturated carbocycles. The number of amides is 1. The van der Waals surface area contributed by atoms with Gasteiger partial charge in [-0.15, -0.1) is 0 Å². The van der Waals surface area contributed by atoms with Crippen molar-refractivity contribution >= 4 is 11.9 Å². The van der Waals surface area contributed by atoms with Crippen LogP contribution < -0.4 is 0 Å². The lowest BCUT2D eigenvalue weighted by Gasteiger charge is -2.46. The van der Waals surface area contributed by atoms with Gasteiger partial charge in [-0.3, -0.25) is 4.79 Å². The van der Waals surface area contributed by atoms with E-state index in [9.17, 15) is 9.59 Å². The fraction of sp³-hybridized carbons (Fsp3) is 0.474. The molecule has 2 saturated heterocycles. The summed E-state index contributed by atoms with van der Waals surface area (Å²) in [5.41, 5.74) is 0.978. The molecule has 2 aliphatic rings. The third-order valence-corrected chi connectivity index (χ3v) is 4.39. The molecule has 26 heavy (non-hydrogen) atoms. The highest BCUT2D eigenvalue weighted by Gasteiger charge is 2.55. The Kier molecular flexibility index (Phi) is 5.41. The van der Waals surface area contributed by atoms with E-state index in [2.05, 4.69) is 4.74 Å². The molecule has 0 N–H and O–H groups in total. The quantitative estimate of drug-likeness (QED) is 0.435. The molecule has 3 rings (SSSR count). The number of β-lactam (4-membered cyclic amide) rings is 1. The van der Waals surface area contributed by atoms with Gasteiger partial charge in [0, 0.05) is 12.3 Å². The molecule has 1 aromatic carbocycles. The standard InChI is InChI=1S/C19H23NO6/c1-19(2)25-12-14(26-19)16-17(24-11-13-7-5-4-6-8-13)18(22)20(16)10-9-15(21)23-3/h4-10,14,16-17H,11-12H2,1-3H3/b10-9+/t14-,16+,17-/m1/s1. The second kappa shape index (κ2) is 7.57. The molecule has 0 aromatic heterocycles. The number of esters is 1. The lowest BCUT2D eigenvalue weighted by molar-refractivity contribution is -0.191. The van der Waals surface area contributed by atoms with Crippen LogP contribution in [0.15, 0.2) is 42.6 Å². The minimum atomic E-state index is -0.717. The van der Waals surface area contributed by atoms with Gasteiger partial charge in [0.1, 0.15) is 12.1 Å². The molecule has 2 fully saturated rings. The van der Waals surface area contributed by atoms with Crippen molar-refractivity contribution in [2.75, 3.05) is 13.7 Å². The average Bonchev–Trinajstić information content (AvgIpc) is 2.98. The van der Waals surface area contributed by atoms with Crippen molar-refractivity contribution in [3.8, 4) is 0 Å². The summed E-state index contributed by atoms with van der Waals surface area (Å²) < 4.78 is 22.0. The number of carbonyl (C=O) groups is 2. The number of nitrogens with zero attached hydrogens (tertiary/aromatic N) is 1. The molecule has 140 valence electrons. The number of methoxy groups -OCH3 is 1. The fourth-order valence-electron chi connectivity index (χ4n) is 3.07. The molecule has 1 aromatic rings. The van der Waals surface area contributed by atoms with Crippen LogP contribution in [0.4, 0.5) is 0 Å². The molecule has 0 aliphatic carbocycles. The summed E-state index contributed by atoms with van der Waals surface area (Å²) in [6.07, 6.45) is 1.63. The van der Waals surface area contributed by atoms with Gasteiger partial charge in [-0.2, -0.15) is 0 Å². The summed E-state index contributed by atoms with van der Waals surface area (Å²) in [6.45, 7) is 4.31. The number of rotatable bonds is 6. The van der Waals surface area contributed by atoms with Gasteiger partial charge in [0.05, 0.1) is 20.3 Å². The number of benzene rings is 1. The fourth-order valence-corrected chi connectivity index (χ4v) is 3.07. The Hall–Kier alpha value is -2.22. The number of likely N-dealkylation sites (tertiary alicyclic amines) is 1. The number of ether oxygens (including phenoxy) is 4. The first-order valence-corrected chi connectivity index (χ1v) is 8.47. The minimum Gasteiger partial charge on any atom is -0.466 e. The molecule has 2 aliphatic heterocycles. The third-order valence-electron chi connectivity index (χ3n) is 4.39. The van der Waals surface area contributed by atoms with E-state index in [1.807, 2.05) is 44.2 Å². The molecular formula is C19H23NO6. The highest BCUT2D eigenvalue weighted by molar-refractivity contribution is 5.91. The van der Waals surface area contributed by atoms with Crippen LogP contribution in [0.3, 0.4) is 0 Å². The highest BCUT2D eigenvalue weighted by Crippen LogP contribution is 2.34. The summed E-state index contributed by atoms with van der Waals surface area (Å²) in [5, 5.41) is 0. The number of hydrogen-bond acceptors (Lipinski definition) is 6. The summed E-state index contributed by atoms with van der Waals surface area (Å²) in [6, 6.07) is 9.26. The summed E-state index contributed by atoms with van der Waals surface area (Å²) >= 11 is 0. The molecule has 0 radical (unpaired) electrons. The van der Waals surface area contributed by atoms with Gasteiger partial charge in [0.25, 0.3) is 5.91 Å². The van der Waals surface area contributed by atoms with Crippen LogP contribution in [0.2, 0.25) is 0 Å². The van der Waals surface area contributed by atoms with Crippen molar-refractivity contribution in [1.82, 2.24) is 4.90 Å². The van der Waals surface area contributed by atoms with Crippen LogP contribution in [0.25, 0.3) is 0 Å². The van der Waals surface area contributed by atoms with Gasteiger partial charge in [-0.1, -0.05) is 30.3 Å². The van der Waals surface area contributed by atoms with Gasteiger partial charge in [0.15, 0.2) is 11.9 Å². The van der Waals surface area contributed by atoms with Crippen molar-refractivity contribution in [3.63, 3.8) is 0 Å². The summed E-state index contributed by atoms with van der Waals surface area (Å²) in [7, 11) is 1.28. The van der Waals surface area contributed by atoms with Crippen LogP contribution >= 0.6 is 0 Å². The predicted octanol–water partition coefficient (Wildman–Crippen LogP) is 1.62. The Morgan fingerprint density at radius 1 is 1.35 bits per heavy atom.